The number of hydrogen-bond donors (Lipinski definition) is 1. The zero-order chi connectivity index (χ0) is 12.1. The standard InChI is InChI=1S/C13H14O3/c1-4-10(3)16-8-12-6-5-11(13(14)15)7-9(12)2/h1,5-7,10H,8H2,2-3H3,(H,14,15). The Morgan fingerprint density at radius 3 is 2.81 bits per heavy atom. The molecule has 0 spiro atoms. The quantitative estimate of drug-likeness (QED) is 0.788. The van der Waals surface area contributed by atoms with Gasteiger partial charge in [0.25, 0.3) is 0 Å². The van der Waals surface area contributed by atoms with Crippen molar-refractivity contribution in [2.24, 2.45) is 0 Å². The van der Waals surface area contributed by atoms with Crippen LogP contribution >= 0.6 is 0 Å². The van der Waals surface area contributed by atoms with E-state index in [1.54, 1.807) is 25.1 Å². The van der Waals surface area contributed by atoms with Gasteiger partial charge < -0.3 is 9.84 Å². The van der Waals surface area contributed by atoms with Gasteiger partial charge in [-0.1, -0.05) is 12.0 Å². The van der Waals surface area contributed by atoms with Crippen LogP contribution in [0.15, 0.2) is 18.2 Å². The highest BCUT2D eigenvalue weighted by Gasteiger charge is 2.06. The van der Waals surface area contributed by atoms with E-state index in [1.165, 1.54) is 0 Å². The van der Waals surface area contributed by atoms with Gasteiger partial charge in [-0.3, -0.25) is 0 Å². The maximum atomic E-state index is 10.7. The second-order valence-electron chi connectivity index (χ2n) is 3.57. The molecule has 0 aliphatic rings. The zero-order valence-electron chi connectivity index (χ0n) is 9.36. The SMILES string of the molecule is C#CC(C)OCc1ccc(C(=O)O)cc1C. The lowest BCUT2D eigenvalue weighted by atomic mass is 10.1. The van der Waals surface area contributed by atoms with E-state index in [0.717, 1.165) is 11.1 Å². The molecule has 1 aromatic carbocycles. The van der Waals surface area contributed by atoms with Crippen LogP contribution < -0.4 is 0 Å². The van der Waals surface area contributed by atoms with Gasteiger partial charge in [0.1, 0.15) is 6.10 Å². The number of carboxylic acids is 1. The summed E-state index contributed by atoms with van der Waals surface area (Å²) >= 11 is 0. The van der Waals surface area contributed by atoms with E-state index in [9.17, 15) is 4.79 Å². The first kappa shape index (κ1) is 12.3. The molecule has 0 aromatic heterocycles. The summed E-state index contributed by atoms with van der Waals surface area (Å²) in [6, 6.07) is 4.94. The number of hydrogen-bond acceptors (Lipinski definition) is 2. The summed E-state index contributed by atoms with van der Waals surface area (Å²) < 4.78 is 5.37. The Bertz CT molecular complexity index is 429. The van der Waals surface area contributed by atoms with Gasteiger partial charge in [-0.05, 0) is 37.1 Å². The Kier molecular flexibility index (Phi) is 4.10. The number of rotatable bonds is 4. The summed E-state index contributed by atoms with van der Waals surface area (Å²) in [4.78, 5) is 10.7. The van der Waals surface area contributed by atoms with Crippen molar-refractivity contribution in [3.05, 3.63) is 34.9 Å². The molecule has 84 valence electrons. The topological polar surface area (TPSA) is 46.5 Å². The molecule has 0 radical (unpaired) electrons. The van der Waals surface area contributed by atoms with Crippen LogP contribution in [0.4, 0.5) is 0 Å². The summed E-state index contributed by atoms with van der Waals surface area (Å²) in [6.45, 7) is 4.05. The molecular weight excluding hydrogens is 204 g/mol. The van der Waals surface area contributed by atoms with Crippen LogP contribution in [0.2, 0.25) is 0 Å². The van der Waals surface area contributed by atoms with E-state index in [2.05, 4.69) is 5.92 Å². The smallest absolute Gasteiger partial charge is 0.335 e. The van der Waals surface area contributed by atoms with E-state index >= 15 is 0 Å². The maximum absolute atomic E-state index is 10.7. The Balaban J connectivity index is 2.76. The van der Waals surface area contributed by atoms with Crippen molar-refractivity contribution in [2.75, 3.05) is 0 Å². The van der Waals surface area contributed by atoms with Gasteiger partial charge in [-0.25, -0.2) is 4.79 Å². The van der Waals surface area contributed by atoms with E-state index in [-0.39, 0.29) is 11.7 Å². The van der Waals surface area contributed by atoms with E-state index in [4.69, 9.17) is 16.3 Å². The van der Waals surface area contributed by atoms with E-state index in [0.29, 0.717) is 6.61 Å². The predicted octanol–water partition coefficient (Wildman–Crippen LogP) is 2.23. The van der Waals surface area contributed by atoms with E-state index < -0.39 is 5.97 Å². The van der Waals surface area contributed by atoms with Crippen LogP contribution in [-0.4, -0.2) is 17.2 Å². The average Bonchev–Trinajstić information content (AvgIpc) is 2.26. The average molecular weight is 218 g/mol. The largest absolute Gasteiger partial charge is 0.478 e. The molecule has 3 nitrogen and oxygen atoms in total. The van der Waals surface area contributed by atoms with Crippen LogP contribution in [-0.2, 0) is 11.3 Å². The highest BCUT2D eigenvalue weighted by atomic mass is 16.5. The number of carbonyl (C=O) groups is 1. The van der Waals surface area contributed by atoms with Crippen LogP contribution in [0.25, 0.3) is 0 Å². The number of carboxylic acid groups (broad SMARTS) is 1. The summed E-state index contributed by atoms with van der Waals surface area (Å²) in [7, 11) is 0. The van der Waals surface area contributed by atoms with E-state index in [1.807, 2.05) is 6.92 Å². The zero-order valence-corrected chi connectivity index (χ0v) is 9.36. The third-order valence-electron chi connectivity index (χ3n) is 2.31. The lowest BCUT2D eigenvalue weighted by Crippen LogP contribution is -2.06. The molecule has 1 atom stereocenters. The number of ether oxygens (including phenoxy) is 1. The molecule has 1 unspecified atom stereocenters. The van der Waals surface area contributed by atoms with Gasteiger partial charge in [-0.15, -0.1) is 6.42 Å². The molecule has 16 heavy (non-hydrogen) atoms. The molecule has 0 aliphatic heterocycles. The Morgan fingerprint density at radius 2 is 2.31 bits per heavy atom. The minimum Gasteiger partial charge on any atom is -0.478 e. The molecule has 0 aliphatic carbocycles. The summed E-state index contributed by atoms with van der Waals surface area (Å²) in [6.07, 6.45) is 4.95. The number of benzene rings is 1. The summed E-state index contributed by atoms with van der Waals surface area (Å²) in [5, 5.41) is 8.80. The highest BCUT2D eigenvalue weighted by molar-refractivity contribution is 5.87. The molecule has 0 saturated heterocycles. The maximum Gasteiger partial charge on any atom is 0.335 e. The Morgan fingerprint density at radius 1 is 1.62 bits per heavy atom. The van der Waals surface area contributed by atoms with Crippen molar-refractivity contribution in [3.8, 4) is 12.3 Å². The van der Waals surface area contributed by atoms with Gasteiger partial charge >= 0.3 is 5.97 Å². The molecule has 0 saturated carbocycles. The molecule has 1 aromatic rings. The Hall–Kier alpha value is -1.79. The normalized spacial score (nSPS) is 11.8. The first-order chi connectivity index (χ1) is 7.54. The van der Waals surface area contributed by atoms with Crippen LogP contribution in [0, 0.1) is 19.3 Å². The number of aryl methyl sites for hydroxylation is 1. The molecule has 0 amide bonds. The van der Waals surface area contributed by atoms with Gasteiger partial charge in [-0.2, -0.15) is 0 Å². The molecule has 1 rings (SSSR count). The van der Waals surface area contributed by atoms with Gasteiger partial charge in [0.05, 0.1) is 12.2 Å². The van der Waals surface area contributed by atoms with Crippen LogP contribution in [0.1, 0.15) is 28.4 Å². The van der Waals surface area contributed by atoms with Gasteiger partial charge in [0.15, 0.2) is 0 Å². The molecule has 3 heteroatoms. The second-order valence-corrected chi connectivity index (χ2v) is 3.57. The first-order valence-electron chi connectivity index (χ1n) is 4.95. The number of terminal acetylenes is 1. The summed E-state index contributed by atoms with van der Waals surface area (Å²) in [5.41, 5.74) is 2.13. The van der Waals surface area contributed by atoms with Crippen molar-refractivity contribution in [1.29, 1.82) is 0 Å². The van der Waals surface area contributed by atoms with Crippen molar-refractivity contribution in [2.45, 2.75) is 26.6 Å². The first-order valence-corrected chi connectivity index (χ1v) is 4.95. The van der Waals surface area contributed by atoms with Gasteiger partial charge in [0, 0.05) is 0 Å². The molecule has 0 heterocycles. The number of aromatic carboxylic acids is 1. The minimum atomic E-state index is -0.924. The van der Waals surface area contributed by atoms with Gasteiger partial charge in [0.2, 0.25) is 0 Å². The fourth-order valence-electron chi connectivity index (χ4n) is 1.25. The monoisotopic (exact) mass is 218 g/mol. The molecular formula is C13H14O3. The molecule has 1 N–H and O–H groups in total. The lowest BCUT2D eigenvalue weighted by Gasteiger charge is -2.09. The fourth-order valence-corrected chi connectivity index (χ4v) is 1.25. The Labute approximate surface area is 95.1 Å². The molecule has 0 bridgehead atoms. The highest BCUT2D eigenvalue weighted by Crippen LogP contribution is 2.13. The summed E-state index contributed by atoms with van der Waals surface area (Å²) in [5.74, 6) is 1.54. The lowest BCUT2D eigenvalue weighted by molar-refractivity contribution is 0.0696. The predicted molar refractivity (Wildman–Crippen MR) is 61.2 cm³/mol. The third kappa shape index (κ3) is 3.11. The third-order valence-corrected chi connectivity index (χ3v) is 2.31. The molecule has 0 fully saturated rings. The van der Waals surface area contributed by atoms with Crippen LogP contribution in [0.3, 0.4) is 0 Å². The van der Waals surface area contributed by atoms with Crippen molar-refractivity contribution < 1.29 is 14.6 Å². The van der Waals surface area contributed by atoms with Crippen molar-refractivity contribution >= 4 is 5.97 Å². The van der Waals surface area contributed by atoms with Crippen LogP contribution in [0.5, 0.6) is 0 Å². The van der Waals surface area contributed by atoms with Crippen molar-refractivity contribution in [3.63, 3.8) is 0 Å². The fraction of sp³-hybridized carbons (Fsp3) is 0.308. The minimum absolute atomic E-state index is 0.237. The second kappa shape index (κ2) is 5.34. The van der Waals surface area contributed by atoms with Crippen molar-refractivity contribution in [1.82, 2.24) is 0 Å².